The molecule has 39 heavy (non-hydrogen) atoms. The zero-order chi connectivity index (χ0) is 25.8. The van der Waals surface area contributed by atoms with Crippen LogP contribution in [0.5, 0.6) is 0 Å². The summed E-state index contributed by atoms with van der Waals surface area (Å²) in [6.07, 6.45) is 1.72. The van der Waals surface area contributed by atoms with Crippen LogP contribution in [0.3, 0.4) is 0 Å². The van der Waals surface area contributed by atoms with Crippen LogP contribution < -0.4 is 0 Å². The fourth-order valence-corrected chi connectivity index (χ4v) is 5.60. The summed E-state index contributed by atoms with van der Waals surface area (Å²) in [7, 11) is 0. The van der Waals surface area contributed by atoms with Crippen molar-refractivity contribution < 1.29 is 4.42 Å². The minimum Gasteiger partial charge on any atom is -0.464 e. The van der Waals surface area contributed by atoms with Crippen LogP contribution in [0.15, 0.2) is 144 Å². The van der Waals surface area contributed by atoms with Gasteiger partial charge in [-0.15, -0.1) is 0 Å². The summed E-state index contributed by atoms with van der Waals surface area (Å²) in [5.41, 5.74) is 8.52. The van der Waals surface area contributed by atoms with Gasteiger partial charge >= 0.3 is 0 Å². The van der Waals surface area contributed by atoms with Crippen molar-refractivity contribution in [2.75, 3.05) is 0 Å². The molecule has 0 amide bonds. The molecule has 0 fully saturated rings. The van der Waals surface area contributed by atoms with Crippen LogP contribution in [0.2, 0.25) is 0 Å². The minimum atomic E-state index is 0.853. The van der Waals surface area contributed by atoms with Gasteiger partial charge in [0.1, 0.15) is 11.5 Å². The Morgan fingerprint density at radius 1 is 0.538 bits per heavy atom. The smallest absolute Gasteiger partial charge is 0.133 e. The topological polar surface area (TPSA) is 35.4 Å². The van der Waals surface area contributed by atoms with E-state index in [0.29, 0.717) is 0 Å². The highest BCUT2D eigenvalue weighted by molar-refractivity contribution is 6.02. The third kappa shape index (κ3) is 3.50. The van der Waals surface area contributed by atoms with Gasteiger partial charge in [-0.25, -0.2) is 4.52 Å². The van der Waals surface area contributed by atoms with Gasteiger partial charge < -0.3 is 8.98 Å². The second-order valence-corrected chi connectivity index (χ2v) is 9.76. The Morgan fingerprint density at radius 2 is 1.31 bits per heavy atom. The monoisotopic (exact) mass is 501 g/mol. The summed E-state index contributed by atoms with van der Waals surface area (Å²) in [6.45, 7) is 0. The van der Waals surface area contributed by atoms with E-state index < -0.39 is 0 Å². The highest BCUT2D eigenvalue weighted by atomic mass is 16.3. The van der Waals surface area contributed by atoms with Crippen LogP contribution in [-0.2, 0) is 0 Å². The highest BCUT2D eigenvalue weighted by Crippen LogP contribution is 2.36. The number of nitrogens with zero attached hydrogens (tertiary/aromatic N) is 3. The second-order valence-electron chi connectivity index (χ2n) is 9.76. The first-order valence-electron chi connectivity index (χ1n) is 13.1. The van der Waals surface area contributed by atoms with Gasteiger partial charge in [0.25, 0.3) is 0 Å². The molecular formula is C35H23N3O. The van der Waals surface area contributed by atoms with Gasteiger partial charge in [0, 0.05) is 27.6 Å². The molecule has 4 heteroatoms. The Bertz CT molecular complexity index is 2100. The summed E-state index contributed by atoms with van der Waals surface area (Å²) in [5.74, 6) is 0.853. The number of aromatic nitrogens is 3. The number of para-hydroxylation sites is 2. The van der Waals surface area contributed by atoms with Crippen molar-refractivity contribution in [3.63, 3.8) is 0 Å². The molecule has 8 rings (SSSR count). The molecule has 0 N–H and O–H groups in total. The molecule has 0 bridgehead atoms. The number of furan rings is 1. The lowest BCUT2D eigenvalue weighted by atomic mass is 10.0. The van der Waals surface area contributed by atoms with Crippen molar-refractivity contribution in [2.24, 2.45) is 0 Å². The molecular weight excluding hydrogens is 478 g/mol. The van der Waals surface area contributed by atoms with E-state index in [2.05, 4.69) is 124 Å². The Hall–Kier alpha value is -5.35. The zero-order valence-corrected chi connectivity index (χ0v) is 21.0. The molecule has 8 aromatic rings. The van der Waals surface area contributed by atoms with Crippen molar-refractivity contribution in [1.29, 1.82) is 0 Å². The average molecular weight is 502 g/mol. The third-order valence-corrected chi connectivity index (χ3v) is 7.42. The Morgan fingerprint density at radius 3 is 2.13 bits per heavy atom. The van der Waals surface area contributed by atoms with E-state index in [4.69, 9.17) is 9.52 Å². The number of pyridine rings is 1. The Labute approximate surface area is 225 Å². The number of hydrogen-bond acceptors (Lipinski definition) is 2. The van der Waals surface area contributed by atoms with Gasteiger partial charge in [0.2, 0.25) is 0 Å². The van der Waals surface area contributed by atoms with Crippen molar-refractivity contribution >= 4 is 27.2 Å². The van der Waals surface area contributed by atoms with Crippen LogP contribution >= 0.6 is 0 Å². The number of fused-ring (bicyclic) bond motifs is 4. The van der Waals surface area contributed by atoms with Crippen molar-refractivity contribution in [2.45, 2.75) is 0 Å². The Kier molecular flexibility index (Phi) is 4.79. The van der Waals surface area contributed by atoms with Gasteiger partial charge in [0.05, 0.1) is 28.7 Å². The van der Waals surface area contributed by atoms with E-state index in [1.54, 1.807) is 6.26 Å². The summed E-state index contributed by atoms with van der Waals surface area (Å²) in [4.78, 5) is 0. The van der Waals surface area contributed by atoms with Gasteiger partial charge in [-0.2, -0.15) is 5.10 Å². The fourth-order valence-electron chi connectivity index (χ4n) is 5.60. The highest BCUT2D eigenvalue weighted by Gasteiger charge is 2.18. The lowest BCUT2D eigenvalue weighted by molar-refractivity contribution is 0.582. The standard InChI is InChI=1S/C35H23N3O/c1-3-10-24(11-4-1)32-21-25-17-18-27(35-16-9-19-39-35)20-29(25)33-23-30(36-38(32)33)34-22-26-12-7-8-15-31(26)37(34)28-13-5-2-6-14-28/h1-23H. The van der Waals surface area contributed by atoms with E-state index in [1.807, 2.05) is 18.2 Å². The van der Waals surface area contributed by atoms with Crippen LogP contribution in [-0.4, -0.2) is 14.2 Å². The summed E-state index contributed by atoms with van der Waals surface area (Å²) >= 11 is 0. The van der Waals surface area contributed by atoms with E-state index in [1.165, 1.54) is 5.39 Å². The second kappa shape index (κ2) is 8.61. The molecule has 184 valence electrons. The maximum atomic E-state index is 5.72. The summed E-state index contributed by atoms with van der Waals surface area (Å²) in [6, 6.07) is 46.6. The Balaban J connectivity index is 1.45. The third-order valence-electron chi connectivity index (χ3n) is 7.42. The van der Waals surface area contributed by atoms with Gasteiger partial charge in [0.15, 0.2) is 0 Å². The van der Waals surface area contributed by atoms with Gasteiger partial charge in [-0.1, -0.05) is 78.9 Å². The predicted molar refractivity (Wildman–Crippen MR) is 158 cm³/mol. The minimum absolute atomic E-state index is 0.853. The number of rotatable bonds is 4. The van der Waals surface area contributed by atoms with Crippen molar-refractivity contribution in [3.8, 4) is 39.7 Å². The molecule has 0 saturated heterocycles. The summed E-state index contributed by atoms with van der Waals surface area (Å²) in [5, 5.41) is 8.73. The van der Waals surface area contributed by atoms with Crippen LogP contribution in [0, 0.1) is 0 Å². The van der Waals surface area contributed by atoms with Crippen LogP contribution in [0.25, 0.3) is 66.8 Å². The quantitative estimate of drug-likeness (QED) is 0.241. The van der Waals surface area contributed by atoms with E-state index in [0.717, 1.165) is 61.5 Å². The summed E-state index contributed by atoms with van der Waals surface area (Å²) < 4.78 is 10.1. The maximum Gasteiger partial charge on any atom is 0.133 e. The van der Waals surface area contributed by atoms with Gasteiger partial charge in [-0.3, -0.25) is 0 Å². The molecule has 4 nitrogen and oxygen atoms in total. The van der Waals surface area contributed by atoms with Crippen LogP contribution in [0.4, 0.5) is 0 Å². The molecule has 0 aliphatic rings. The molecule has 4 aromatic carbocycles. The fraction of sp³-hybridized carbons (Fsp3) is 0. The number of benzene rings is 4. The largest absolute Gasteiger partial charge is 0.464 e. The number of hydrogen-bond donors (Lipinski definition) is 0. The SMILES string of the molecule is c1ccc(-c2cc3ccc(-c4ccco4)cc3c3cc(-c4cc5ccccc5n4-c4ccccc4)nn23)cc1. The molecule has 0 aliphatic carbocycles. The van der Waals surface area contributed by atoms with E-state index >= 15 is 0 Å². The van der Waals surface area contributed by atoms with Crippen molar-refractivity contribution in [1.82, 2.24) is 14.2 Å². The molecule has 0 saturated carbocycles. The first-order valence-corrected chi connectivity index (χ1v) is 13.1. The normalized spacial score (nSPS) is 11.6. The molecule has 0 radical (unpaired) electrons. The molecule has 0 spiro atoms. The van der Waals surface area contributed by atoms with Gasteiger partial charge in [-0.05, 0) is 60.0 Å². The first kappa shape index (κ1) is 21.7. The van der Waals surface area contributed by atoms with E-state index in [-0.39, 0.29) is 0 Å². The predicted octanol–water partition coefficient (Wildman–Crippen LogP) is 9.03. The molecule has 0 unspecified atom stereocenters. The first-order chi connectivity index (χ1) is 19.3. The molecule has 0 atom stereocenters. The van der Waals surface area contributed by atoms with Crippen molar-refractivity contribution in [3.05, 3.63) is 140 Å². The average Bonchev–Trinajstić information content (AvgIpc) is 3.76. The van der Waals surface area contributed by atoms with Crippen LogP contribution in [0.1, 0.15) is 0 Å². The lowest BCUT2D eigenvalue weighted by Crippen LogP contribution is -1.98. The zero-order valence-electron chi connectivity index (χ0n) is 21.0. The molecule has 0 aliphatic heterocycles. The maximum absolute atomic E-state index is 5.72. The molecule has 4 heterocycles. The lowest BCUT2D eigenvalue weighted by Gasteiger charge is -2.10. The molecule has 4 aromatic heterocycles. The van der Waals surface area contributed by atoms with E-state index in [9.17, 15) is 0 Å².